The number of benzene rings is 1. The maximum absolute atomic E-state index is 12.3. The molecule has 1 unspecified atom stereocenters. The average Bonchev–Trinajstić information content (AvgIpc) is 2.45. The SMILES string of the molecule is CCSCCC(C)NC(=O)c1ccc(C)cc1C#CCO. The topological polar surface area (TPSA) is 49.3 Å². The summed E-state index contributed by atoms with van der Waals surface area (Å²) in [5, 5.41) is 11.8. The van der Waals surface area contributed by atoms with E-state index >= 15 is 0 Å². The van der Waals surface area contributed by atoms with Crippen molar-refractivity contribution in [2.75, 3.05) is 18.1 Å². The zero-order valence-corrected chi connectivity index (χ0v) is 13.7. The minimum Gasteiger partial charge on any atom is -0.384 e. The van der Waals surface area contributed by atoms with Crippen LogP contribution in [0.5, 0.6) is 0 Å². The molecule has 0 fully saturated rings. The highest BCUT2D eigenvalue weighted by Gasteiger charge is 2.13. The molecule has 2 N–H and O–H groups in total. The van der Waals surface area contributed by atoms with Crippen LogP contribution in [0.3, 0.4) is 0 Å². The lowest BCUT2D eigenvalue weighted by molar-refractivity contribution is 0.0939. The molecule has 114 valence electrons. The number of rotatable bonds is 6. The third-order valence-electron chi connectivity index (χ3n) is 3.00. The van der Waals surface area contributed by atoms with Crippen molar-refractivity contribution in [3.05, 3.63) is 34.9 Å². The van der Waals surface area contributed by atoms with Crippen LogP contribution < -0.4 is 5.32 Å². The second kappa shape index (κ2) is 9.49. The van der Waals surface area contributed by atoms with E-state index in [2.05, 4.69) is 24.1 Å². The maximum atomic E-state index is 12.3. The molecule has 0 aliphatic rings. The number of amides is 1. The number of aliphatic hydroxyl groups excluding tert-OH is 1. The van der Waals surface area contributed by atoms with E-state index in [1.807, 2.05) is 37.7 Å². The molecule has 1 aromatic carbocycles. The van der Waals surface area contributed by atoms with Crippen molar-refractivity contribution in [3.8, 4) is 11.8 Å². The monoisotopic (exact) mass is 305 g/mol. The Hall–Kier alpha value is -1.44. The first-order valence-corrected chi connectivity index (χ1v) is 8.33. The standard InChI is InChI=1S/C17H23NO2S/c1-4-21-11-9-14(3)18-17(20)16-8-7-13(2)12-15(16)6-5-10-19/h7-8,12,14,19H,4,9-11H2,1-3H3,(H,18,20). The Morgan fingerprint density at radius 1 is 1.48 bits per heavy atom. The fourth-order valence-electron chi connectivity index (χ4n) is 1.87. The first kappa shape index (κ1) is 17.6. The second-order valence-corrected chi connectivity index (χ2v) is 6.26. The molecule has 1 rings (SSSR count). The Morgan fingerprint density at radius 3 is 2.90 bits per heavy atom. The molecule has 0 saturated carbocycles. The van der Waals surface area contributed by atoms with Gasteiger partial charge in [-0.15, -0.1) is 0 Å². The largest absolute Gasteiger partial charge is 0.384 e. The summed E-state index contributed by atoms with van der Waals surface area (Å²) in [6.45, 7) is 5.89. The summed E-state index contributed by atoms with van der Waals surface area (Å²) in [5.74, 6) is 7.49. The van der Waals surface area contributed by atoms with Crippen LogP contribution in [0.25, 0.3) is 0 Å². The summed E-state index contributed by atoms with van der Waals surface area (Å²) >= 11 is 1.87. The van der Waals surface area contributed by atoms with Crippen molar-refractivity contribution in [1.29, 1.82) is 0 Å². The molecular weight excluding hydrogens is 282 g/mol. The molecule has 0 saturated heterocycles. The van der Waals surface area contributed by atoms with Gasteiger partial charge in [0.05, 0.1) is 5.56 Å². The van der Waals surface area contributed by atoms with Crippen LogP contribution in [0, 0.1) is 18.8 Å². The highest BCUT2D eigenvalue weighted by Crippen LogP contribution is 2.12. The Morgan fingerprint density at radius 2 is 2.24 bits per heavy atom. The molecule has 1 atom stereocenters. The van der Waals surface area contributed by atoms with Gasteiger partial charge in [0, 0.05) is 11.6 Å². The lowest BCUT2D eigenvalue weighted by Gasteiger charge is -2.14. The average molecular weight is 305 g/mol. The smallest absolute Gasteiger partial charge is 0.252 e. The molecule has 0 radical (unpaired) electrons. The number of nitrogens with one attached hydrogen (secondary N) is 1. The predicted octanol–water partition coefficient (Wildman–Crippen LogP) is 2.60. The first-order chi connectivity index (χ1) is 10.1. The highest BCUT2D eigenvalue weighted by atomic mass is 32.2. The van der Waals surface area contributed by atoms with Crippen LogP contribution >= 0.6 is 11.8 Å². The lowest BCUT2D eigenvalue weighted by atomic mass is 10.0. The zero-order chi connectivity index (χ0) is 15.7. The van der Waals surface area contributed by atoms with Crippen molar-refractivity contribution < 1.29 is 9.90 Å². The van der Waals surface area contributed by atoms with Gasteiger partial charge in [0.15, 0.2) is 0 Å². The molecule has 0 heterocycles. The maximum Gasteiger partial charge on any atom is 0.252 e. The normalized spacial score (nSPS) is 11.4. The summed E-state index contributed by atoms with van der Waals surface area (Å²) in [6, 6.07) is 5.70. The van der Waals surface area contributed by atoms with E-state index in [4.69, 9.17) is 5.11 Å². The summed E-state index contributed by atoms with van der Waals surface area (Å²) in [4.78, 5) is 12.3. The van der Waals surface area contributed by atoms with Gasteiger partial charge in [0.1, 0.15) is 6.61 Å². The molecule has 0 aliphatic carbocycles. The van der Waals surface area contributed by atoms with Crippen LogP contribution in [-0.2, 0) is 0 Å². The van der Waals surface area contributed by atoms with Crippen LogP contribution in [0.1, 0.15) is 41.8 Å². The molecule has 0 aromatic heterocycles. The number of aliphatic hydroxyl groups is 1. The van der Waals surface area contributed by atoms with Gasteiger partial charge >= 0.3 is 0 Å². The van der Waals surface area contributed by atoms with Gasteiger partial charge in [-0.05, 0) is 49.5 Å². The fourth-order valence-corrected chi connectivity index (χ4v) is 2.68. The Balaban J connectivity index is 2.77. The van der Waals surface area contributed by atoms with E-state index in [0.717, 1.165) is 23.5 Å². The van der Waals surface area contributed by atoms with Gasteiger partial charge in [0.25, 0.3) is 5.91 Å². The molecule has 0 bridgehead atoms. The lowest BCUT2D eigenvalue weighted by Crippen LogP contribution is -2.33. The van der Waals surface area contributed by atoms with E-state index in [-0.39, 0.29) is 18.6 Å². The Kier molecular flexibility index (Phi) is 7.96. The predicted molar refractivity (Wildman–Crippen MR) is 89.7 cm³/mol. The third kappa shape index (κ3) is 6.24. The minimum atomic E-state index is -0.209. The third-order valence-corrected chi connectivity index (χ3v) is 3.93. The van der Waals surface area contributed by atoms with E-state index in [1.165, 1.54) is 0 Å². The molecule has 0 spiro atoms. The number of hydrogen-bond donors (Lipinski definition) is 2. The number of hydrogen-bond acceptors (Lipinski definition) is 3. The van der Waals surface area contributed by atoms with Crippen molar-refractivity contribution in [2.24, 2.45) is 0 Å². The summed E-state index contributed by atoms with van der Waals surface area (Å²) < 4.78 is 0. The fraction of sp³-hybridized carbons (Fsp3) is 0.471. The Bertz CT molecular complexity index is 531. The van der Waals surface area contributed by atoms with E-state index in [1.54, 1.807) is 6.07 Å². The van der Waals surface area contributed by atoms with Crippen molar-refractivity contribution >= 4 is 17.7 Å². The van der Waals surface area contributed by atoms with Gasteiger partial charge in [0.2, 0.25) is 0 Å². The van der Waals surface area contributed by atoms with E-state index in [9.17, 15) is 4.79 Å². The molecule has 0 aliphatic heterocycles. The van der Waals surface area contributed by atoms with Crippen LogP contribution in [-0.4, -0.2) is 35.2 Å². The zero-order valence-electron chi connectivity index (χ0n) is 12.9. The van der Waals surface area contributed by atoms with Crippen molar-refractivity contribution in [1.82, 2.24) is 5.32 Å². The number of carbonyl (C=O) groups excluding carboxylic acids is 1. The molecule has 4 heteroatoms. The highest BCUT2D eigenvalue weighted by molar-refractivity contribution is 7.99. The molecule has 1 aromatic rings. The number of carbonyl (C=O) groups is 1. The van der Waals surface area contributed by atoms with Gasteiger partial charge < -0.3 is 10.4 Å². The molecule has 1 amide bonds. The van der Waals surface area contributed by atoms with Crippen LogP contribution in [0.2, 0.25) is 0 Å². The molecule has 21 heavy (non-hydrogen) atoms. The molecular formula is C17H23NO2S. The van der Waals surface area contributed by atoms with Gasteiger partial charge in [-0.2, -0.15) is 11.8 Å². The van der Waals surface area contributed by atoms with Gasteiger partial charge in [-0.3, -0.25) is 4.79 Å². The van der Waals surface area contributed by atoms with E-state index in [0.29, 0.717) is 11.1 Å². The van der Waals surface area contributed by atoms with Gasteiger partial charge in [-0.25, -0.2) is 0 Å². The van der Waals surface area contributed by atoms with E-state index < -0.39 is 0 Å². The van der Waals surface area contributed by atoms with Gasteiger partial charge in [-0.1, -0.05) is 24.8 Å². The minimum absolute atomic E-state index is 0.105. The Labute approximate surface area is 131 Å². The summed E-state index contributed by atoms with van der Waals surface area (Å²) in [7, 11) is 0. The van der Waals surface area contributed by atoms with Crippen LogP contribution in [0.4, 0.5) is 0 Å². The van der Waals surface area contributed by atoms with Crippen molar-refractivity contribution in [3.63, 3.8) is 0 Å². The quantitative estimate of drug-likeness (QED) is 0.627. The molecule has 3 nitrogen and oxygen atoms in total. The van der Waals surface area contributed by atoms with Crippen molar-refractivity contribution in [2.45, 2.75) is 33.2 Å². The number of thioether (sulfide) groups is 1. The number of aryl methyl sites for hydroxylation is 1. The first-order valence-electron chi connectivity index (χ1n) is 7.17. The summed E-state index contributed by atoms with van der Waals surface area (Å²) in [5.41, 5.74) is 2.27. The van der Waals surface area contributed by atoms with Crippen LogP contribution in [0.15, 0.2) is 18.2 Å². The second-order valence-electron chi connectivity index (χ2n) is 4.87. The summed E-state index contributed by atoms with van der Waals surface area (Å²) in [6.07, 6.45) is 0.952.